The van der Waals surface area contributed by atoms with Crippen LogP contribution in [0.15, 0.2) is 0 Å². The van der Waals surface area contributed by atoms with E-state index >= 15 is 0 Å². The Kier molecular flexibility index (Phi) is 4.86. The molecule has 0 atom stereocenters. The molecule has 4 nitrogen and oxygen atoms in total. The quantitative estimate of drug-likeness (QED) is 0.321. The molecule has 53 valence electrons. The Morgan fingerprint density at radius 2 is 2.44 bits per heavy atom. The van der Waals surface area contributed by atoms with Gasteiger partial charge in [-0.1, -0.05) is 6.92 Å². The largest absolute Gasteiger partial charge is 0.314 e. The van der Waals surface area contributed by atoms with Crippen molar-refractivity contribution in [2.24, 2.45) is 0 Å². The summed E-state index contributed by atoms with van der Waals surface area (Å²) in [6.45, 7) is 2.11. The predicted molar refractivity (Wildman–Crippen MR) is 32.2 cm³/mol. The number of rotatable bonds is 5. The molecule has 0 aromatic rings. The smallest absolute Gasteiger partial charge is 0.294 e. The molecule has 0 amide bonds. The van der Waals surface area contributed by atoms with Crippen molar-refractivity contribution >= 4 is 0 Å². The number of unbranched alkanes of at least 4 members (excludes halogenated alkanes) is 2. The lowest BCUT2D eigenvalue weighted by atomic mass is 10.3. The van der Waals surface area contributed by atoms with Crippen LogP contribution in [-0.4, -0.2) is 11.7 Å². The van der Waals surface area contributed by atoms with E-state index in [9.17, 15) is 10.1 Å². The Balaban J connectivity index is 2.83. The Morgan fingerprint density at radius 1 is 1.78 bits per heavy atom. The van der Waals surface area contributed by atoms with Gasteiger partial charge in [0.2, 0.25) is 0 Å². The van der Waals surface area contributed by atoms with Gasteiger partial charge in [0, 0.05) is 0 Å². The lowest BCUT2D eigenvalue weighted by Gasteiger charge is -1.94. The molecule has 0 aliphatic heterocycles. The first-order chi connectivity index (χ1) is 4.27. The Bertz CT molecular complexity index is 84.3. The van der Waals surface area contributed by atoms with Gasteiger partial charge < -0.3 is 4.84 Å². The molecular formula is C5H10NO3. The second-order valence-electron chi connectivity index (χ2n) is 1.61. The lowest BCUT2D eigenvalue weighted by Crippen LogP contribution is -2.01. The van der Waals surface area contributed by atoms with Crippen molar-refractivity contribution in [2.45, 2.75) is 19.8 Å². The third kappa shape index (κ3) is 7.20. The van der Waals surface area contributed by atoms with Gasteiger partial charge in [0.25, 0.3) is 5.09 Å². The zero-order valence-corrected chi connectivity index (χ0v) is 5.37. The second-order valence-corrected chi connectivity index (χ2v) is 1.61. The first-order valence-electron chi connectivity index (χ1n) is 2.82. The van der Waals surface area contributed by atoms with E-state index in [0.717, 1.165) is 12.8 Å². The Hall–Kier alpha value is -0.800. The monoisotopic (exact) mass is 132 g/mol. The highest BCUT2D eigenvalue weighted by Gasteiger charge is 1.91. The van der Waals surface area contributed by atoms with Gasteiger partial charge in [-0.2, -0.15) is 0 Å². The van der Waals surface area contributed by atoms with Gasteiger partial charge in [0.05, 0.1) is 6.61 Å². The summed E-state index contributed by atoms with van der Waals surface area (Å²) in [6, 6.07) is 0. The topological polar surface area (TPSA) is 52.4 Å². The van der Waals surface area contributed by atoms with Crippen molar-refractivity contribution in [1.29, 1.82) is 0 Å². The average molecular weight is 132 g/mol. The number of hydrogen-bond acceptors (Lipinski definition) is 3. The fourth-order valence-electron chi connectivity index (χ4n) is 0.427. The van der Waals surface area contributed by atoms with Crippen LogP contribution in [0.4, 0.5) is 0 Å². The van der Waals surface area contributed by atoms with Crippen molar-refractivity contribution in [2.75, 3.05) is 6.61 Å². The standard InChI is InChI=1S/C5H10NO3/c1-2-3-4-5-9-6(7)8/h2H,3-5H2,1H3. The van der Waals surface area contributed by atoms with Gasteiger partial charge >= 0.3 is 0 Å². The molecule has 0 bridgehead atoms. The minimum absolute atomic E-state index is 0.206. The summed E-state index contributed by atoms with van der Waals surface area (Å²) in [7, 11) is 0. The molecule has 0 aromatic carbocycles. The first kappa shape index (κ1) is 8.20. The van der Waals surface area contributed by atoms with Crippen LogP contribution in [-0.2, 0) is 4.84 Å². The van der Waals surface area contributed by atoms with Crippen LogP contribution < -0.4 is 0 Å². The molecule has 0 saturated carbocycles. The van der Waals surface area contributed by atoms with Gasteiger partial charge in [0.15, 0.2) is 0 Å². The zero-order valence-electron chi connectivity index (χ0n) is 5.37. The van der Waals surface area contributed by atoms with E-state index in [-0.39, 0.29) is 6.61 Å². The zero-order chi connectivity index (χ0) is 7.11. The molecule has 9 heavy (non-hydrogen) atoms. The van der Waals surface area contributed by atoms with Gasteiger partial charge in [-0.15, -0.1) is 10.1 Å². The van der Waals surface area contributed by atoms with Gasteiger partial charge in [-0.05, 0) is 19.3 Å². The lowest BCUT2D eigenvalue weighted by molar-refractivity contribution is -0.757. The average Bonchev–Trinajstić information content (AvgIpc) is 1.80. The van der Waals surface area contributed by atoms with Gasteiger partial charge in [-0.3, -0.25) is 0 Å². The normalized spacial score (nSPS) is 9.00. The fourth-order valence-corrected chi connectivity index (χ4v) is 0.427. The summed E-state index contributed by atoms with van der Waals surface area (Å²) in [6.07, 6.45) is 3.54. The first-order valence-corrected chi connectivity index (χ1v) is 2.82. The summed E-state index contributed by atoms with van der Waals surface area (Å²) in [4.78, 5) is 13.6. The van der Waals surface area contributed by atoms with Crippen molar-refractivity contribution in [3.8, 4) is 0 Å². The van der Waals surface area contributed by atoms with Crippen LogP contribution in [0.3, 0.4) is 0 Å². The highest BCUT2D eigenvalue weighted by molar-refractivity contribution is 4.53. The van der Waals surface area contributed by atoms with Crippen molar-refractivity contribution in [1.82, 2.24) is 0 Å². The molecule has 0 saturated heterocycles. The highest BCUT2D eigenvalue weighted by Crippen LogP contribution is 1.92. The molecule has 0 aliphatic rings. The highest BCUT2D eigenvalue weighted by atomic mass is 16.9. The fraction of sp³-hybridized carbons (Fsp3) is 0.800. The minimum atomic E-state index is -0.768. The molecule has 0 unspecified atom stereocenters. The van der Waals surface area contributed by atoms with E-state index in [1.165, 1.54) is 0 Å². The second kappa shape index (κ2) is 5.34. The third-order valence-electron chi connectivity index (χ3n) is 0.834. The minimum Gasteiger partial charge on any atom is -0.314 e. The molecule has 0 N–H and O–H groups in total. The molecule has 0 heterocycles. The summed E-state index contributed by atoms with van der Waals surface area (Å²) >= 11 is 0. The van der Waals surface area contributed by atoms with Crippen molar-refractivity contribution in [3.63, 3.8) is 0 Å². The van der Waals surface area contributed by atoms with Gasteiger partial charge in [0.1, 0.15) is 0 Å². The molecule has 1 radical (unpaired) electrons. The maximum absolute atomic E-state index is 9.54. The molecular weight excluding hydrogens is 122 g/mol. The number of hydrogen-bond donors (Lipinski definition) is 0. The van der Waals surface area contributed by atoms with Crippen LogP contribution in [0.2, 0.25) is 0 Å². The van der Waals surface area contributed by atoms with Gasteiger partial charge in [-0.25, -0.2) is 0 Å². The van der Waals surface area contributed by atoms with Crippen LogP contribution in [0.25, 0.3) is 0 Å². The summed E-state index contributed by atoms with van der Waals surface area (Å²) in [5.41, 5.74) is 0. The molecule has 0 aromatic heterocycles. The van der Waals surface area contributed by atoms with E-state index in [1.807, 2.05) is 13.3 Å². The van der Waals surface area contributed by atoms with E-state index < -0.39 is 5.09 Å². The maximum atomic E-state index is 9.54. The van der Waals surface area contributed by atoms with Crippen LogP contribution in [0, 0.1) is 16.5 Å². The molecule has 0 aliphatic carbocycles. The maximum Gasteiger partial charge on any atom is 0.294 e. The third-order valence-corrected chi connectivity index (χ3v) is 0.834. The summed E-state index contributed by atoms with van der Waals surface area (Å²) in [5.74, 6) is 0. The van der Waals surface area contributed by atoms with E-state index in [2.05, 4.69) is 4.84 Å². The predicted octanol–water partition coefficient (Wildman–Crippen LogP) is 1.20. The van der Waals surface area contributed by atoms with E-state index in [1.54, 1.807) is 0 Å². The Morgan fingerprint density at radius 3 is 2.89 bits per heavy atom. The molecule has 4 heteroatoms. The van der Waals surface area contributed by atoms with E-state index in [0.29, 0.717) is 0 Å². The van der Waals surface area contributed by atoms with Crippen molar-refractivity contribution < 1.29 is 9.92 Å². The van der Waals surface area contributed by atoms with Crippen molar-refractivity contribution in [3.05, 3.63) is 16.5 Å². The SMILES string of the molecule is C[CH]CCCO[N+](=O)[O-]. The van der Waals surface area contributed by atoms with Crippen LogP contribution >= 0.6 is 0 Å². The summed E-state index contributed by atoms with van der Waals surface area (Å²) < 4.78 is 0. The Labute approximate surface area is 53.9 Å². The molecule has 0 fully saturated rings. The molecule has 0 rings (SSSR count). The van der Waals surface area contributed by atoms with E-state index in [4.69, 9.17) is 0 Å². The molecule has 0 spiro atoms. The number of nitrogens with zero attached hydrogens (tertiary/aromatic N) is 1. The van der Waals surface area contributed by atoms with Crippen LogP contribution in [0.1, 0.15) is 19.8 Å². The van der Waals surface area contributed by atoms with Crippen LogP contribution in [0.5, 0.6) is 0 Å². The summed E-state index contributed by atoms with van der Waals surface area (Å²) in [5, 5.41) is 8.77.